The fourth-order valence-electron chi connectivity index (χ4n) is 2.07. The van der Waals surface area contributed by atoms with Gasteiger partial charge in [-0.1, -0.05) is 13.8 Å². The molecule has 0 spiro atoms. The quantitative estimate of drug-likeness (QED) is 0.889. The summed E-state index contributed by atoms with van der Waals surface area (Å²) >= 11 is 3.44. The number of imidazole rings is 1. The lowest BCUT2D eigenvalue weighted by atomic mass is 10.1. The van der Waals surface area contributed by atoms with Gasteiger partial charge < -0.3 is 14.3 Å². The number of hydrogen-bond donors (Lipinski definition) is 1. The summed E-state index contributed by atoms with van der Waals surface area (Å²) in [6.45, 7) is 6.11. The maximum atomic E-state index is 5.33. The zero-order valence-corrected chi connectivity index (χ0v) is 12.3. The van der Waals surface area contributed by atoms with Crippen molar-refractivity contribution in [3.05, 3.63) is 40.8 Å². The predicted molar refractivity (Wildman–Crippen MR) is 74.4 cm³/mol. The molecule has 0 aliphatic heterocycles. The third-order valence-corrected chi connectivity index (χ3v) is 3.48. The lowest BCUT2D eigenvalue weighted by molar-refractivity contribution is 0.510. The van der Waals surface area contributed by atoms with Gasteiger partial charge in [0, 0.05) is 24.5 Å². The standard InChI is InChI=1S/C13H18BrN3O/c1-3-7-17-8-6-16-13(17)11(15-4-2)10-5-9-18-12(10)14/h5-6,8-9,11,15H,3-4,7H2,1-2H3. The van der Waals surface area contributed by atoms with Crippen LogP contribution in [0.25, 0.3) is 0 Å². The first-order chi connectivity index (χ1) is 8.77. The SMILES string of the molecule is CCCn1ccnc1C(NCC)c1ccoc1Br. The first kappa shape index (κ1) is 13.4. The van der Waals surface area contributed by atoms with Crippen LogP contribution >= 0.6 is 15.9 Å². The van der Waals surface area contributed by atoms with Gasteiger partial charge in [-0.25, -0.2) is 4.98 Å². The van der Waals surface area contributed by atoms with Crippen LogP contribution in [0.2, 0.25) is 0 Å². The number of nitrogens with zero attached hydrogens (tertiary/aromatic N) is 2. The lowest BCUT2D eigenvalue weighted by Crippen LogP contribution is -2.25. The Labute approximate surface area is 116 Å². The van der Waals surface area contributed by atoms with E-state index >= 15 is 0 Å². The number of furan rings is 1. The van der Waals surface area contributed by atoms with Gasteiger partial charge in [0.15, 0.2) is 4.67 Å². The second kappa shape index (κ2) is 6.20. The van der Waals surface area contributed by atoms with Crippen LogP contribution in [-0.2, 0) is 6.54 Å². The predicted octanol–water partition coefficient (Wildman–Crippen LogP) is 3.35. The number of hydrogen-bond acceptors (Lipinski definition) is 3. The van der Waals surface area contributed by atoms with Gasteiger partial charge in [-0.05, 0) is 35.0 Å². The molecule has 0 aromatic carbocycles. The third kappa shape index (κ3) is 2.67. The van der Waals surface area contributed by atoms with Gasteiger partial charge in [0.1, 0.15) is 5.82 Å². The highest BCUT2D eigenvalue weighted by molar-refractivity contribution is 9.10. The van der Waals surface area contributed by atoms with Crippen molar-refractivity contribution in [3.8, 4) is 0 Å². The zero-order chi connectivity index (χ0) is 13.0. The number of aryl methyl sites for hydroxylation is 1. The van der Waals surface area contributed by atoms with E-state index in [0.29, 0.717) is 0 Å². The molecule has 2 aromatic heterocycles. The molecule has 18 heavy (non-hydrogen) atoms. The molecule has 98 valence electrons. The van der Waals surface area contributed by atoms with Crippen LogP contribution in [0, 0.1) is 0 Å². The van der Waals surface area contributed by atoms with E-state index in [1.54, 1.807) is 6.26 Å². The molecule has 0 amide bonds. The van der Waals surface area contributed by atoms with Gasteiger partial charge in [0.25, 0.3) is 0 Å². The Kier molecular flexibility index (Phi) is 4.60. The number of nitrogens with one attached hydrogen (secondary N) is 1. The Bertz CT molecular complexity index is 492. The monoisotopic (exact) mass is 311 g/mol. The first-order valence-electron chi connectivity index (χ1n) is 6.25. The summed E-state index contributed by atoms with van der Waals surface area (Å²) in [6.07, 6.45) is 6.66. The van der Waals surface area contributed by atoms with Gasteiger partial charge in [-0.3, -0.25) is 0 Å². The highest BCUT2D eigenvalue weighted by atomic mass is 79.9. The molecule has 0 bridgehead atoms. The van der Waals surface area contributed by atoms with Crippen LogP contribution in [0.5, 0.6) is 0 Å². The van der Waals surface area contributed by atoms with Gasteiger partial charge in [-0.15, -0.1) is 0 Å². The third-order valence-electron chi connectivity index (χ3n) is 2.84. The Hall–Kier alpha value is -1.07. The van der Waals surface area contributed by atoms with Crippen molar-refractivity contribution in [2.24, 2.45) is 0 Å². The summed E-state index contributed by atoms with van der Waals surface area (Å²) in [5.41, 5.74) is 1.08. The van der Waals surface area contributed by atoms with Crippen molar-refractivity contribution in [1.29, 1.82) is 0 Å². The van der Waals surface area contributed by atoms with Crippen molar-refractivity contribution in [1.82, 2.24) is 14.9 Å². The van der Waals surface area contributed by atoms with Crippen molar-refractivity contribution in [3.63, 3.8) is 0 Å². The maximum Gasteiger partial charge on any atom is 0.174 e. The van der Waals surface area contributed by atoms with Crippen molar-refractivity contribution in [2.45, 2.75) is 32.9 Å². The minimum atomic E-state index is 0.0599. The van der Waals surface area contributed by atoms with E-state index < -0.39 is 0 Å². The Morgan fingerprint density at radius 2 is 2.33 bits per heavy atom. The molecule has 4 nitrogen and oxygen atoms in total. The second-order valence-electron chi connectivity index (χ2n) is 4.12. The summed E-state index contributed by atoms with van der Waals surface area (Å²) in [5.74, 6) is 1.03. The van der Waals surface area contributed by atoms with Gasteiger partial charge in [0.05, 0.1) is 12.3 Å². The van der Waals surface area contributed by atoms with Crippen LogP contribution in [0.4, 0.5) is 0 Å². The van der Waals surface area contributed by atoms with E-state index in [2.05, 4.69) is 44.6 Å². The molecule has 0 saturated heterocycles. The van der Waals surface area contributed by atoms with Gasteiger partial charge in [0.2, 0.25) is 0 Å². The van der Waals surface area contributed by atoms with Crippen LogP contribution in [0.15, 0.2) is 33.8 Å². The minimum absolute atomic E-state index is 0.0599. The van der Waals surface area contributed by atoms with Crippen molar-refractivity contribution >= 4 is 15.9 Å². The Balaban J connectivity index is 2.35. The summed E-state index contributed by atoms with van der Waals surface area (Å²) in [5, 5.41) is 3.45. The normalized spacial score (nSPS) is 12.8. The topological polar surface area (TPSA) is 43.0 Å². The van der Waals surface area contributed by atoms with E-state index in [-0.39, 0.29) is 6.04 Å². The first-order valence-corrected chi connectivity index (χ1v) is 7.04. The van der Waals surface area contributed by atoms with E-state index in [0.717, 1.165) is 35.6 Å². The molecule has 0 fully saturated rings. The van der Waals surface area contributed by atoms with Crippen molar-refractivity contribution in [2.75, 3.05) is 6.54 Å². The largest absolute Gasteiger partial charge is 0.457 e. The van der Waals surface area contributed by atoms with Crippen molar-refractivity contribution < 1.29 is 4.42 Å². The summed E-state index contributed by atoms with van der Waals surface area (Å²) < 4.78 is 8.28. The second-order valence-corrected chi connectivity index (χ2v) is 4.84. The van der Waals surface area contributed by atoms with Gasteiger partial charge in [-0.2, -0.15) is 0 Å². The smallest absolute Gasteiger partial charge is 0.174 e. The van der Waals surface area contributed by atoms with Crippen LogP contribution < -0.4 is 5.32 Å². The Morgan fingerprint density at radius 3 is 2.94 bits per heavy atom. The molecule has 0 aliphatic carbocycles. The number of aromatic nitrogens is 2. The molecule has 5 heteroatoms. The molecule has 1 N–H and O–H groups in total. The van der Waals surface area contributed by atoms with Gasteiger partial charge >= 0.3 is 0 Å². The average molecular weight is 312 g/mol. The highest BCUT2D eigenvalue weighted by Crippen LogP contribution is 2.28. The number of halogens is 1. The molecular formula is C13H18BrN3O. The van der Waals surface area contributed by atoms with E-state index in [4.69, 9.17) is 4.42 Å². The fourth-order valence-corrected chi connectivity index (χ4v) is 2.53. The van der Waals surface area contributed by atoms with E-state index in [1.807, 2.05) is 18.5 Å². The molecule has 0 saturated carbocycles. The molecule has 2 aromatic rings. The summed E-state index contributed by atoms with van der Waals surface area (Å²) in [4.78, 5) is 4.49. The minimum Gasteiger partial charge on any atom is -0.457 e. The summed E-state index contributed by atoms with van der Waals surface area (Å²) in [7, 11) is 0. The molecule has 1 unspecified atom stereocenters. The molecule has 0 radical (unpaired) electrons. The van der Waals surface area contributed by atoms with Crippen LogP contribution in [-0.4, -0.2) is 16.1 Å². The molecular weight excluding hydrogens is 294 g/mol. The van der Waals surface area contributed by atoms with E-state index in [1.165, 1.54) is 0 Å². The highest BCUT2D eigenvalue weighted by Gasteiger charge is 2.21. The lowest BCUT2D eigenvalue weighted by Gasteiger charge is -2.18. The zero-order valence-electron chi connectivity index (χ0n) is 10.7. The molecule has 1 atom stereocenters. The maximum absolute atomic E-state index is 5.33. The number of rotatable bonds is 6. The average Bonchev–Trinajstić information content (AvgIpc) is 2.96. The summed E-state index contributed by atoms with van der Waals surface area (Å²) in [6, 6.07) is 2.03. The molecule has 2 rings (SSSR count). The van der Waals surface area contributed by atoms with E-state index in [9.17, 15) is 0 Å². The van der Waals surface area contributed by atoms with Crippen LogP contribution in [0.3, 0.4) is 0 Å². The Morgan fingerprint density at radius 1 is 1.50 bits per heavy atom. The molecule has 2 heterocycles. The van der Waals surface area contributed by atoms with Crippen LogP contribution in [0.1, 0.15) is 37.7 Å². The fraction of sp³-hybridized carbons (Fsp3) is 0.462. The molecule has 0 aliphatic rings.